The van der Waals surface area contributed by atoms with Crippen molar-refractivity contribution in [1.82, 2.24) is 15.1 Å². The summed E-state index contributed by atoms with van der Waals surface area (Å²) in [5.41, 5.74) is 1.17. The van der Waals surface area contributed by atoms with Gasteiger partial charge < -0.3 is 10.1 Å². The molecule has 0 aliphatic heterocycles. The van der Waals surface area contributed by atoms with Crippen molar-refractivity contribution in [2.24, 2.45) is 0 Å². The van der Waals surface area contributed by atoms with E-state index in [1.165, 1.54) is 5.56 Å². The van der Waals surface area contributed by atoms with Gasteiger partial charge in [-0.05, 0) is 33.7 Å². The van der Waals surface area contributed by atoms with Crippen molar-refractivity contribution in [1.29, 1.82) is 0 Å². The molecule has 1 heterocycles. The van der Waals surface area contributed by atoms with E-state index < -0.39 is 0 Å². The molecule has 0 aliphatic carbocycles. The third-order valence-corrected chi connectivity index (χ3v) is 3.31. The fourth-order valence-corrected chi connectivity index (χ4v) is 1.77. The first-order valence-electron chi connectivity index (χ1n) is 6.27. The van der Waals surface area contributed by atoms with Crippen LogP contribution in [0.25, 0.3) is 0 Å². The molecule has 4 nitrogen and oxygen atoms in total. The minimum absolute atomic E-state index is 0.0841. The molecular weight excluding hydrogens is 214 g/mol. The summed E-state index contributed by atoms with van der Waals surface area (Å²) in [7, 11) is 3.74. The second-order valence-electron chi connectivity index (χ2n) is 5.00. The zero-order valence-corrected chi connectivity index (χ0v) is 11.7. The van der Waals surface area contributed by atoms with Gasteiger partial charge in [0.1, 0.15) is 0 Å². The second-order valence-corrected chi connectivity index (χ2v) is 5.00. The Hall–Kier alpha value is -0.870. The molecule has 0 bridgehead atoms. The summed E-state index contributed by atoms with van der Waals surface area (Å²) >= 11 is 0. The van der Waals surface area contributed by atoms with Crippen LogP contribution >= 0.6 is 0 Å². The number of rotatable bonds is 7. The predicted octanol–water partition coefficient (Wildman–Crippen LogP) is 2.37. The second kappa shape index (κ2) is 6.17. The molecule has 98 valence electrons. The lowest BCUT2D eigenvalue weighted by atomic mass is 10.1. The zero-order valence-electron chi connectivity index (χ0n) is 11.7. The minimum Gasteiger partial charge on any atom is -0.379 e. The Bertz CT molecular complexity index is 329. The first-order valence-corrected chi connectivity index (χ1v) is 6.27. The lowest BCUT2D eigenvalue weighted by molar-refractivity contribution is 0.0113. The van der Waals surface area contributed by atoms with Gasteiger partial charge in [-0.25, -0.2) is 0 Å². The largest absolute Gasteiger partial charge is 0.379 e. The molecule has 4 heteroatoms. The van der Waals surface area contributed by atoms with Crippen LogP contribution in [0.2, 0.25) is 0 Å². The van der Waals surface area contributed by atoms with Crippen molar-refractivity contribution in [3.63, 3.8) is 0 Å². The molecule has 1 atom stereocenters. The van der Waals surface area contributed by atoms with Crippen LogP contribution in [0.15, 0.2) is 12.4 Å². The Kier molecular flexibility index (Phi) is 5.15. The van der Waals surface area contributed by atoms with Crippen LogP contribution in [0.5, 0.6) is 0 Å². The quantitative estimate of drug-likeness (QED) is 0.794. The van der Waals surface area contributed by atoms with Crippen molar-refractivity contribution in [2.45, 2.75) is 51.8 Å². The van der Waals surface area contributed by atoms with Crippen molar-refractivity contribution in [3.05, 3.63) is 18.0 Å². The number of nitrogens with zero attached hydrogens (tertiary/aromatic N) is 2. The van der Waals surface area contributed by atoms with Crippen molar-refractivity contribution >= 4 is 0 Å². The molecule has 0 saturated carbocycles. The average Bonchev–Trinajstić information content (AvgIpc) is 2.77. The van der Waals surface area contributed by atoms with E-state index in [0.717, 1.165) is 19.4 Å². The maximum Gasteiger partial charge on any atom is 0.0640 e. The highest BCUT2D eigenvalue weighted by Crippen LogP contribution is 2.17. The van der Waals surface area contributed by atoms with Gasteiger partial charge >= 0.3 is 0 Å². The van der Waals surface area contributed by atoms with Crippen molar-refractivity contribution in [3.8, 4) is 0 Å². The Morgan fingerprint density at radius 2 is 2.24 bits per heavy atom. The van der Waals surface area contributed by atoms with E-state index in [2.05, 4.69) is 37.4 Å². The minimum atomic E-state index is -0.0841. The number of nitrogens with one attached hydrogen (secondary N) is 1. The highest BCUT2D eigenvalue weighted by molar-refractivity contribution is 5.09. The topological polar surface area (TPSA) is 39.1 Å². The third kappa shape index (κ3) is 4.13. The highest BCUT2D eigenvalue weighted by atomic mass is 16.5. The van der Waals surface area contributed by atoms with Crippen LogP contribution in [0, 0.1) is 0 Å². The van der Waals surface area contributed by atoms with Gasteiger partial charge in [0.2, 0.25) is 0 Å². The maximum absolute atomic E-state index is 5.40. The lowest BCUT2D eigenvalue weighted by Gasteiger charge is -2.22. The number of ether oxygens (including phenoxy) is 1. The molecule has 0 saturated heterocycles. The Morgan fingerprint density at radius 1 is 1.53 bits per heavy atom. The molecule has 0 amide bonds. The van der Waals surface area contributed by atoms with Crippen LogP contribution < -0.4 is 5.32 Å². The molecule has 1 aromatic rings. The van der Waals surface area contributed by atoms with E-state index >= 15 is 0 Å². The maximum atomic E-state index is 5.40. The summed E-state index contributed by atoms with van der Waals surface area (Å²) in [6, 6.07) is 0.402. The number of aromatic nitrogens is 2. The molecule has 1 N–H and O–H groups in total. The van der Waals surface area contributed by atoms with E-state index in [1.807, 2.05) is 17.9 Å². The zero-order chi connectivity index (χ0) is 12.9. The SMILES string of the molecule is CCC(NC)c1cnn(CCC(C)(C)OC)c1. The first-order chi connectivity index (χ1) is 8.02. The van der Waals surface area contributed by atoms with Gasteiger partial charge in [-0.15, -0.1) is 0 Å². The van der Waals surface area contributed by atoms with Crippen LogP contribution in [0.1, 0.15) is 45.2 Å². The molecule has 1 aromatic heterocycles. The number of aryl methyl sites for hydroxylation is 1. The van der Waals surface area contributed by atoms with Gasteiger partial charge in [0.05, 0.1) is 11.8 Å². The molecule has 0 fully saturated rings. The van der Waals surface area contributed by atoms with Crippen LogP contribution in [-0.4, -0.2) is 29.5 Å². The monoisotopic (exact) mass is 239 g/mol. The Balaban J connectivity index is 2.57. The highest BCUT2D eigenvalue weighted by Gasteiger charge is 2.16. The summed E-state index contributed by atoms with van der Waals surface area (Å²) < 4.78 is 7.40. The predicted molar refractivity (Wildman–Crippen MR) is 70.0 cm³/mol. The standard InChI is InChI=1S/C13H25N3O/c1-6-12(14-4)11-9-15-16(10-11)8-7-13(2,3)17-5/h9-10,12,14H,6-8H2,1-5H3. The van der Waals surface area contributed by atoms with Crippen LogP contribution in [0.4, 0.5) is 0 Å². The van der Waals surface area contributed by atoms with Crippen molar-refractivity contribution in [2.75, 3.05) is 14.2 Å². The fraction of sp³-hybridized carbons (Fsp3) is 0.769. The molecular formula is C13H25N3O. The van der Waals surface area contributed by atoms with Crippen LogP contribution in [0.3, 0.4) is 0 Å². The molecule has 0 aromatic carbocycles. The fourth-order valence-electron chi connectivity index (χ4n) is 1.77. The molecule has 1 unspecified atom stereocenters. The van der Waals surface area contributed by atoms with Gasteiger partial charge in [0.25, 0.3) is 0 Å². The van der Waals surface area contributed by atoms with E-state index in [1.54, 1.807) is 7.11 Å². The molecule has 0 spiro atoms. The molecule has 0 aliphatic rings. The number of hydrogen-bond donors (Lipinski definition) is 1. The van der Waals surface area contributed by atoms with E-state index in [4.69, 9.17) is 4.74 Å². The summed E-state index contributed by atoms with van der Waals surface area (Å²) in [5.74, 6) is 0. The summed E-state index contributed by atoms with van der Waals surface area (Å²) in [6.45, 7) is 7.26. The van der Waals surface area contributed by atoms with Gasteiger partial charge in [-0.3, -0.25) is 4.68 Å². The number of methoxy groups -OCH3 is 1. The van der Waals surface area contributed by atoms with Gasteiger partial charge in [0.15, 0.2) is 0 Å². The van der Waals surface area contributed by atoms with E-state index in [0.29, 0.717) is 6.04 Å². The van der Waals surface area contributed by atoms with Crippen LogP contribution in [-0.2, 0) is 11.3 Å². The van der Waals surface area contributed by atoms with Gasteiger partial charge in [-0.1, -0.05) is 6.92 Å². The third-order valence-electron chi connectivity index (χ3n) is 3.31. The summed E-state index contributed by atoms with van der Waals surface area (Å²) in [5, 5.41) is 7.68. The molecule has 1 rings (SSSR count). The average molecular weight is 239 g/mol. The summed E-state index contributed by atoms with van der Waals surface area (Å²) in [6.07, 6.45) is 6.10. The lowest BCUT2D eigenvalue weighted by Crippen LogP contribution is -2.24. The number of hydrogen-bond acceptors (Lipinski definition) is 3. The Labute approximate surface area is 104 Å². The van der Waals surface area contributed by atoms with Crippen molar-refractivity contribution < 1.29 is 4.74 Å². The van der Waals surface area contributed by atoms with E-state index in [-0.39, 0.29) is 5.60 Å². The molecule has 17 heavy (non-hydrogen) atoms. The summed E-state index contributed by atoms with van der Waals surface area (Å²) in [4.78, 5) is 0. The molecule has 0 radical (unpaired) electrons. The van der Waals surface area contributed by atoms with Gasteiger partial charge in [0, 0.05) is 31.5 Å². The smallest absolute Gasteiger partial charge is 0.0640 e. The normalized spacial score (nSPS) is 13.9. The van der Waals surface area contributed by atoms with Gasteiger partial charge in [-0.2, -0.15) is 5.10 Å². The Morgan fingerprint density at radius 3 is 2.76 bits per heavy atom. The first kappa shape index (κ1) is 14.2. The van der Waals surface area contributed by atoms with E-state index in [9.17, 15) is 0 Å².